The minimum Gasteiger partial charge on any atom is -0.465 e. The van der Waals surface area contributed by atoms with Crippen LogP contribution in [0.3, 0.4) is 0 Å². The SMILES string of the molecule is CC(C)(C)N(C(=O)O)c1ccc(Oc2ccnc(Cl)c2)c(F)c1F. The van der Waals surface area contributed by atoms with Crippen LogP contribution in [0.2, 0.25) is 5.15 Å². The zero-order chi connectivity index (χ0) is 18.1. The van der Waals surface area contributed by atoms with E-state index in [9.17, 15) is 18.7 Å². The molecule has 1 amide bonds. The number of hydrogen-bond donors (Lipinski definition) is 1. The Balaban J connectivity index is 2.43. The van der Waals surface area contributed by atoms with E-state index in [2.05, 4.69) is 4.98 Å². The van der Waals surface area contributed by atoms with Gasteiger partial charge < -0.3 is 9.84 Å². The van der Waals surface area contributed by atoms with Gasteiger partial charge in [0.1, 0.15) is 10.9 Å². The maximum Gasteiger partial charge on any atom is 0.412 e. The van der Waals surface area contributed by atoms with Crippen molar-refractivity contribution in [3.8, 4) is 11.5 Å². The summed E-state index contributed by atoms with van der Waals surface area (Å²) in [6.07, 6.45) is -0.0399. The summed E-state index contributed by atoms with van der Waals surface area (Å²) in [6, 6.07) is 5.07. The van der Waals surface area contributed by atoms with Crippen molar-refractivity contribution in [1.29, 1.82) is 0 Å². The first kappa shape index (κ1) is 17.9. The molecule has 1 heterocycles. The third-order valence-corrected chi connectivity index (χ3v) is 3.26. The summed E-state index contributed by atoms with van der Waals surface area (Å²) < 4.78 is 33.9. The minimum absolute atomic E-state index is 0.134. The van der Waals surface area contributed by atoms with E-state index in [0.29, 0.717) is 0 Å². The molecule has 1 aromatic heterocycles. The molecule has 1 N–H and O–H groups in total. The number of hydrogen-bond acceptors (Lipinski definition) is 3. The number of amides is 1. The Kier molecular flexibility index (Phi) is 4.94. The number of anilines is 1. The van der Waals surface area contributed by atoms with Gasteiger partial charge in [-0.1, -0.05) is 11.6 Å². The molecule has 0 bridgehead atoms. The molecule has 0 unspecified atom stereocenters. The lowest BCUT2D eigenvalue weighted by molar-refractivity contribution is 0.195. The van der Waals surface area contributed by atoms with Crippen molar-refractivity contribution in [1.82, 2.24) is 4.98 Å². The van der Waals surface area contributed by atoms with Crippen molar-refractivity contribution in [2.24, 2.45) is 0 Å². The summed E-state index contributed by atoms with van der Waals surface area (Å²) in [5.74, 6) is -2.83. The average molecular weight is 357 g/mol. The molecular formula is C16H15ClF2N2O3. The van der Waals surface area contributed by atoms with Gasteiger partial charge in [-0.15, -0.1) is 0 Å². The lowest BCUT2D eigenvalue weighted by Crippen LogP contribution is -2.45. The quantitative estimate of drug-likeness (QED) is 0.778. The molecule has 128 valence electrons. The second kappa shape index (κ2) is 6.60. The topological polar surface area (TPSA) is 62.7 Å². The highest BCUT2D eigenvalue weighted by Gasteiger charge is 2.32. The van der Waals surface area contributed by atoms with Crippen LogP contribution in [-0.4, -0.2) is 21.7 Å². The second-order valence-corrected chi connectivity index (χ2v) is 6.30. The predicted octanol–water partition coefficient (Wildman–Crippen LogP) is 5.09. The summed E-state index contributed by atoms with van der Waals surface area (Å²) >= 11 is 5.70. The van der Waals surface area contributed by atoms with Crippen LogP contribution in [-0.2, 0) is 0 Å². The summed E-state index contributed by atoms with van der Waals surface area (Å²) in [7, 11) is 0. The monoisotopic (exact) mass is 356 g/mol. The third-order valence-electron chi connectivity index (χ3n) is 3.06. The fraction of sp³-hybridized carbons (Fsp3) is 0.250. The van der Waals surface area contributed by atoms with Gasteiger partial charge in [-0.2, -0.15) is 4.39 Å². The molecule has 0 saturated heterocycles. The van der Waals surface area contributed by atoms with E-state index >= 15 is 0 Å². The number of rotatable bonds is 3. The molecule has 0 aliphatic rings. The van der Waals surface area contributed by atoms with Crippen LogP contribution in [0.15, 0.2) is 30.5 Å². The molecule has 24 heavy (non-hydrogen) atoms. The van der Waals surface area contributed by atoms with Gasteiger partial charge in [-0.3, -0.25) is 4.90 Å². The van der Waals surface area contributed by atoms with Crippen LogP contribution in [0.25, 0.3) is 0 Å². The molecule has 0 saturated carbocycles. The largest absolute Gasteiger partial charge is 0.465 e. The first-order valence-corrected chi connectivity index (χ1v) is 7.29. The number of benzene rings is 1. The van der Waals surface area contributed by atoms with E-state index in [1.54, 1.807) is 20.8 Å². The summed E-state index contributed by atoms with van der Waals surface area (Å²) in [6.45, 7) is 4.71. The first-order chi connectivity index (χ1) is 11.1. The van der Waals surface area contributed by atoms with Crippen LogP contribution in [0.5, 0.6) is 11.5 Å². The molecule has 2 rings (SSSR count). The van der Waals surface area contributed by atoms with Gasteiger partial charge >= 0.3 is 6.09 Å². The van der Waals surface area contributed by atoms with Crippen molar-refractivity contribution in [3.63, 3.8) is 0 Å². The van der Waals surface area contributed by atoms with Crippen molar-refractivity contribution in [2.75, 3.05) is 4.90 Å². The lowest BCUT2D eigenvalue weighted by Gasteiger charge is -2.33. The van der Waals surface area contributed by atoms with E-state index < -0.39 is 34.7 Å². The van der Waals surface area contributed by atoms with Crippen molar-refractivity contribution < 1.29 is 23.4 Å². The molecule has 1 aromatic carbocycles. The predicted molar refractivity (Wildman–Crippen MR) is 85.9 cm³/mol. The molecular weight excluding hydrogens is 342 g/mol. The Hall–Kier alpha value is -2.41. The Morgan fingerprint density at radius 3 is 2.46 bits per heavy atom. The lowest BCUT2D eigenvalue weighted by atomic mass is 10.1. The maximum absolute atomic E-state index is 14.4. The molecule has 0 fully saturated rings. The maximum atomic E-state index is 14.4. The number of halogens is 3. The summed E-state index contributed by atoms with van der Waals surface area (Å²) in [4.78, 5) is 15.9. The Bertz CT molecular complexity index is 778. The van der Waals surface area contributed by atoms with Crippen LogP contribution in [0, 0.1) is 11.6 Å². The van der Waals surface area contributed by atoms with Gasteiger partial charge in [-0.25, -0.2) is 14.2 Å². The van der Waals surface area contributed by atoms with Gasteiger partial charge in [0.25, 0.3) is 0 Å². The zero-order valence-corrected chi connectivity index (χ0v) is 13.9. The first-order valence-electron chi connectivity index (χ1n) is 6.92. The average Bonchev–Trinajstić information content (AvgIpc) is 2.45. The number of aromatic nitrogens is 1. The van der Waals surface area contributed by atoms with E-state index in [1.807, 2.05) is 0 Å². The minimum atomic E-state index is -1.39. The number of ether oxygens (including phenoxy) is 1. The van der Waals surface area contributed by atoms with Crippen molar-refractivity contribution in [3.05, 3.63) is 47.2 Å². The Morgan fingerprint density at radius 2 is 1.92 bits per heavy atom. The molecule has 2 aromatic rings. The fourth-order valence-corrected chi connectivity index (χ4v) is 2.26. The number of carboxylic acid groups (broad SMARTS) is 1. The number of nitrogens with zero attached hydrogens (tertiary/aromatic N) is 2. The molecule has 0 spiro atoms. The number of pyridine rings is 1. The van der Waals surface area contributed by atoms with Crippen molar-refractivity contribution >= 4 is 23.4 Å². The normalized spacial score (nSPS) is 11.2. The smallest absolute Gasteiger partial charge is 0.412 e. The molecule has 0 radical (unpaired) electrons. The second-order valence-electron chi connectivity index (χ2n) is 5.92. The standard InChI is InChI=1S/C16H15ClF2N2O3/c1-16(2,3)21(15(22)23)10-4-5-11(14(19)13(10)18)24-9-6-7-20-12(17)8-9/h4-8H,1-3H3,(H,22,23). The summed E-state index contributed by atoms with van der Waals surface area (Å²) in [5.41, 5.74) is -1.35. The van der Waals surface area contributed by atoms with Crippen molar-refractivity contribution in [2.45, 2.75) is 26.3 Å². The van der Waals surface area contributed by atoms with Gasteiger partial charge in [-0.05, 0) is 39.0 Å². The molecule has 0 aliphatic carbocycles. The molecule has 8 heteroatoms. The van der Waals surface area contributed by atoms with Crippen LogP contribution in [0.1, 0.15) is 20.8 Å². The molecule has 0 atom stereocenters. The highest BCUT2D eigenvalue weighted by atomic mass is 35.5. The van der Waals surface area contributed by atoms with Crippen LogP contribution < -0.4 is 9.64 Å². The Morgan fingerprint density at radius 1 is 1.25 bits per heavy atom. The van der Waals surface area contributed by atoms with Gasteiger partial charge in [0.2, 0.25) is 5.82 Å². The summed E-state index contributed by atoms with van der Waals surface area (Å²) in [5, 5.41) is 9.43. The van der Waals surface area contributed by atoms with Crippen LogP contribution >= 0.6 is 11.6 Å². The fourth-order valence-electron chi connectivity index (χ4n) is 2.10. The van der Waals surface area contributed by atoms with Gasteiger partial charge in [0, 0.05) is 17.8 Å². The molecule has 0 aliphatic heterocycles. The highest BCUT2D eigenvalue weighted by molar-refractivity contribution is 6.29. The molecule has 5 nitrogen and oxygen atoms in total. The van der Waals surface area contributed by atoms with Crippen LogP contribution in [0.4, 0.5) is 19.3 Å². The number of carbonyl (C=O) groups is 1. The highest BCUT2D eigenvalue weighted by Crippen LogP contribution is 2.34. The third kappa shape index (κ3) is 3.73. The van der Waals surface area contributed by atoms with Gasteiger partial charge in [0.05, 0.1) is 5.69 Å². The van der Waals surface area contributed by atoms with E-state index in [4.69, 9.17) is 16.3 Å². The van der Waals surface area contributed by atoms with E-state index in [-0.39, 0.29) is 10.9 Å². The van der Waals surface area contributed by atoms with Gasteiger partial charge in [0.15, 0.2) is 11.6 Å². The van der Waals surface area contributed by atoms with E-state index in [0.717, 1.165) is 17.0 Å². The Labute approximate surface area is 142 Å². The zero-order valence-electron chi connectivity index (χ0n) is 13.2. The van der Waals surface area contributed by atoms with E-state index in [1.165, 1.54) is 18.3 Å².